The highest BCUT2D eigenvalue weighted by atomic mass is 35.5. The molecular formula is C11H16ClN2O2. The Kier molecular flexibility index (Phi) is 5.55. The number of benzene rings is 1. The van der Waals surface area contributed by atoms with Crippen molar-refractivity contribution in [3.63, 3.8) is 0 Å². The fraction of sp³-hybridized carbons (Fsp3) is 0.455. The van der Waals surface area contributed by atoms with Crippen molar-refractivity contribution in [3.05, 3.63) is 29.3 Å². The van der Waals surface area contributed by atoms with E-state index < -0.39 is 6.10 Å². The van der Waals surface area contributed by atoms with Crippen LogP contribution in [0.2, 0.25) is 5.02 Å². The first-order valence-corrected chi connectivity index (χ1v) is 5.46. The Bertz CT molecular complexity index is 305. The molecule has 1 aromatic rings. The minimum atomic E-state index is -0.643. The van der Waals surface area contributed by atoms with Gasteiger partial charge < -0.3 is 15.6 Å². The maximum Gasteiger partial charge on any atom is 0.119 e. The van der Waals surface area contributed by atoms with E-state index >= 15 is 0 Å². The van der Waals surface area contributed by atoms with Crippen LogP contribution in [0.1, 0.15) is 6.42 Å². The van der Waals surface area contributed by atoms with E-state index in [1.54, 1.807) is 24.3 Å². The molecule has 1 aromatic carbocycles. The summed E-state index contributed by atoms with van der Waals surface area (Å²) in [5.41, 5.74) is 12.6. The zero-order chi connectivity index (χ0) is 12.0. The summed E-state index contributed by atoms with van der Waals surface area (Å²) in [7, 11) is 0. The van der Waals surface area contributed by atoms with E-state index in [9.17, 15) is 5.11 Å². The highest BCUT2D eigenvalue weighted by Gasteiger charge is 2.10. The third-order valence-electron chi connectivity index (χ3n) is 2.09. The Morgan fingerprint density at radius 1 is 1.38 bits per heavy atom. The second-order valence-electron chi connectivity index (χ2n) is 3.62. The zero-order valence-electron chi connectivity index (χ0n) is 8.90. The molecule has 0 saturated heterocycles. The summed E-state index contributed by atoms with van der Waals surface area (Å²) in [5, 5.41) is 10.2. The van der Waals surface area contributed by atoms with Crippen LogP contribution in [0.3, 0.4) is 0 Å². The predicted octanol–water partition coefficient (Wildman–Crippen LogP) is 1.08. The molecule has 0 aliphatic heterocycles. The lowest BCUT2D eigenvalue weighted by Gasteiger charge is -2.15. The quantitative estimate of drug-likeness (QED) is 0.785. The number of nitrogens with two attached hydrogens (primary N) is 1. The van der Waals surface area contributed by atoms with Crippen molar-refractivity contribution < 1.29 is 9.84 Å². The van der Waals surface area contributed by atoms with Gasteiger partial charge in [0.2, 0.25) is 0 Å². The van der Waals surface area contributed by atoms with Crippen molar-refractivity contribution in [2.45, 2.75) is 18.6 Å². The van der Waals surface area contributed by atoms with E-state index in [4.69, 9.17) is 27.8 Å². The van der Waals surface area contributed by atoms with E-state index in [2.05, 4.69) is 0 Å². The van der Waals surface area contributed by atoms with Gasteiger partial charge in [-0.05, 0) is 30.7 Å². The van der Waals surface area contributed by atoms with Crippen LogP contribution in [-0.4, -0.2) is 30.4 Å². The fourth-order valence-electron chi connectivity index (χ4n) is 1.22. The molecule has 1 radical (unpaired) electrons. The molecule has 16 heavy (non-hydrogen) atoms. The third kappa shape index (κ3) is 4.81. The van der Waals surface area contributed by atoms with Crippen LogP contribution in [0.25, 0.3) is 0 Å². The lowest BCUT2D eigenvalue weighted by Crippen LogP contribution is -2.32. The lowest BCUT2D eigenvalue weighted by molar-refractivity contribution is 0.0944. The van der Waals surface area contributed by atoms with Crippen LogP contribution in [-0.2, 0) is 0 Å². The molecule has 0 saturated carbocycles. The summed E-state index contributed by atoms with van der Waals surface area (Å²) in [6.07, 6.45) is -0.270. The molecule has 0 amide bonds. The summed E-state index contributed by atoms with van der Waals surface area (Å²) < 4.78 is 5.34. The maximum absolute atomic E-state index is 9.55. The highest BCUT2D eigenvalue weighted by molar-refractivity contribution is 6.30. The minimum Gasteiger partial charge on any atom is -0.491 e. The molecular weight excluding hydrogens is 228 g/mol. The van der Waals surface area contributed by atoms with Crippen molar-refractivity contribution in [2.24, 2.45) is 5.73 Å². The molecule has 0 spiro atoms. The van der Waals surface area contributed by atoms with E-state index in [0.29, 0.717) is 17.2 Å². The van der Waals surface area contributed by atoms with Crippen LogP contribution in [0.5, 0.6) is 5.75 Å². The van der Waals surface area contributed by atoms with Gasteiger partial charge in [-0.1, -0.05) is 11.6 Å². The van der Waals surface area contributed by atoms with Gasteiger partial charge >= 0.3 is 0 Å². The van der Waals surface area contributed by atoms with Gasteiger partial charge in [0.05, 0.1) is 6.10 Å². The lowest BCUT2D eigenvalue weighted by atomic mass is 10.1. The van der Waals surface area contributed by atoms with Crippen LogP contribution >= 0.6 is 11.6 Å². The number of aliphatic hydroxyl groups is 1. The average molecular weight is 244 g/mol. The number of hydrogen-bond acceptors (Lipinski definition) is 3. The molecule has 0 heterocycles. The summed E-state index contributed by atoms with van der Waals surface area (Å²) in [5.74, 6) is 0.655. The van der Waals surface area contributed by atoms with E-state index in [1.165, 1.54) is 0 Å². The van der Waals surface area contributed by atoms with Gasteiger partial charge in [-0.15, -0.1) is 0 Å². The Morgan fingerprint density at radius 3 is 2.56 bits per heavy atom. The van der Waals surface area contributed by atoms with Gasteiger partial charge in [0, 0.05) is 17.6 Å². The number of rotatable bonds is 6. The molecule has 2 atom stereocenters. The largest absolute Gasteiger partial charge is 0.491 e. The van der Waals surface area contributed by atoms with Crippen molar-refractivity contribution in [3.8, 4) is 5.75 Å². The molecule has 0 aliphatic carbocycles. The second kappa shape index (κ2) is 6.70. The van der Waals surface area contributed by atoms with Gasteiger partial charge in [0.1, 0.15) is 12.4 Å². The fourth-order valence-corrected chi connectivity index (χ4v) is 1.35. The first kappa shape index (κ1) is 13.3. The smallest absolute Gasteiger partial charge is 0.119 e. The normalized spacial score (nSPS) is 14.5. The summed E-state index contributed by atoms with van der Waals surface area (Å²) in [4.78, 5) is 0. The van der Waals surface area contributed by atoms with Gasteiger partial charge in [0.25, 0.3) is 0 Å². The molecule has 1 rings (SSSR count). The first-order valence-electron chi connectivity index (χ1n) is 5.08. The SMILES string of the molecule is [NH]CC(N)CC(O)COc1ccc(Cl)cc1. The maximum atomic E-state index is 9.55. The predicted molar refractivity (Wildman–Crippen MR) is 63.5 cm³/mol. The molecule has 89 valence electrons. The van der Waals surface area contributed by atoms with E-state index in [1.807, 2.05) is 0 Å². The van der Waals surface area contributed by atoms with Crippen molar-refractivity contribution >= 4 is 11.6 Å². The van der Waals surface area contributed by atoms with Gasteiger partial charge in [-0.2, -0.15) is 0 Å². The number of hydrogen-bond donors (Lipinski definition) is 2. The van der Waals surface area contributed by atoms with Crippen LogP contribution in [0.4, 0.5) is 0 Å². The van der Waals surface area contributed by atoms with Crippen LogP contribution in [0, 0.1) is 0 Å². The number of ether oxygens (including phenoxy) is 1. The molecule has 0 aliphatic rings. The minimum absolute atomic E-state index is 0.109. The monoisotopic (exact) mass is 243 g/mol. The molecule has 4 nitrogen and oxygen atoms in total. The molecule has 5 heteroatoms. The van der Waals surface area contributed by atoms with Crippen molar-refractivity contribution in [2.75, 3.05) is 13.2 Å². The molecule has 4 N–H and O–H groups in total. The Morgan fingerprint density at radius 2 is 2.00 bits per heavy atom. The number of nitrogens with one attached hydrogen (secondary N) is 1. The first-order chi connectivity index (χ1) is 7.61. The van der Waals surface area contributed by atoms with Crippen LogP contribution < -0.4 is 16.2 Å². The Labute approximate surface area is 100 Å². The van der Waals surface area contributed by atoms with Gasteiger partial charge in [-0.3, -0.25) is 5.73 Å². The van der Waals surface area contributed by atoms with Crippen molar-refractivity contribution in [1.29, 1.82) is 0 Å². The highest BCUT2D eigenvalue weighted by Crippen LogP contribution is 2.15. The van der Waals surface area contributed by atoms with Gasteiger partial charge in [-0.25, -0.2) is 0 Å². The topological polar surface area (TPSA) is 79.3 Å². The number of aliphatic hydroxyl groups excluding tert-OH is 1. The van der Waals surface area contributed by atoms with Crippen LogP contribution in [0.15, 0.2) is 24.3 Å². The summed E-state index contributed by atoms with van der Waals surface area (Å²) in [6.45, 7) is 0.285. The standard InChI is InChI=1S/C11H16ClN2O2/c12-8-1-3-11(4-2-8)16-7-10(15)5-9(14)6-13/h1-4,9-10,13,15H,5-7,14H2. The summed E-state index contributed by atoms with van der Waals surface area (Å²) in [6, 6.07) is 6.61. The zero-order valence-corrected chi connectivity index (χ0v) is 9.65. The van der Waals surface area contributed by atoms with Crippen molar-refractivity contribution in [1.82, 2.24) is 5.73 Å². The average Bonchev–Trinajstić information content (AvgIpc) is 2.28. The van der Waals surface area contributed by atoms with Gasteiger partial charge in [0.15, 0.2) is 0 Å². The Hall–Kier alpha value is -0.810. The van der Waals surface area contributed by atoms with E-state index in [-0.39, 0.29) is 19.2 Å². The molecule has 0 bridgehead atoms. The summed E-state index contributed by atoms with van der Waals surface area (Å²) >= 11 is 5.72. The second-order valence-corrected chi connectivity index (χ2v) is 4.06. The molecule has 0 fully saturated rings. The number of halogens is 1. The van der Waals surface area contributed by atoms with E-state index in [0.717, 1.165) is 0 Å². The molecule has 2 unspecified atom stereocenters. The third-order valence-corrected chi connectivity index (χ3v) is 2.35. The molecule has 0 aromatic heterocycles. The Balaban J connectivity index is 2.31.